The van der Waals surface area contributed by atoms with Gasteiger partial charge < -0.3 is 4.90 Å². The fourth-order valence-electron chi connectivity index (χ4n) is 2.29. The lowest BCUT2D eigenvalue weighted by molar-refractivity contribution is 0.318. The molecule has 0 fully saturated rings. The molecule has 0 radical (unpaired) electrons. The van der Waals surface area contributed by atoms with Crippen molar-refractivity contribution in [1.82, 2.24) is 14.7 Å². The van der Waals surface area contributed by atoms with Gasteiger partial charge in [0.05, 0.1) is 11.2 Å². The number of aromatic nitrogens is 2. The van der Waals surface area contributed by atoms with Gasteiger partial charge in [-0.2, -0.15) is 5.10 Å². The Labute approximate surface area is 123 Å². The Balaban J connectivity index is 2.16. The molecule has 0 aliphatic carbocycles. The van der Waals surface area contributed by atoms with Gasteiger partial charge >= 0.3 is 0 Å². The van der Waals surface area contributed by atoms with Crippen molar-refractivity contribution in [1.29, 1.82) is 0 Å². The summed E-state index contributed by atoms with van der Waals surface area (Å²) >= 11 is 3.60. The minimum atomic E-state index is 0.569. The standard InChI is InChI=1S/C15H22BrN3/c1-4-19-15-8-6-5-7-13(15)14(17-19)11-18(3)10-9-12(2)16/h5-8,12H,4,9-11H2,1-3H3. The van der Waals surface area contributed by atoms with Crippen LogP contribution in [0.3, 0.4) is 0 Å². The van der Waals surface area contributed by atoms with Crippen LogP contribution in [0.1, 0.15) is 26.0 Å². The van der Waals surface area contributed by atoms with Crippen LogP contribution in [0.15, 0.2) is 24.3 Å². The third-order valence-electron chi connectivity index (χ3n) is 3.36. The van der Waals surface area contributed by atoms with Crippen LogP contribution in [-0.4, -0.2) is 33.1 Å². The minimum absolute atomic E-state index is 0.569. The van der Waals surface area contributed by atoms with Crippen molar-refractivity contribution < 1.29 is 0 Å². The van der Waals surface area contributed by atoms with Crippen LogP contribution in [0.2, 0.25) is 0 Å². The van der Waals surface area contributed by atoms with Gasteiger partial charge in [0, 0.05) is 23.3 Å². The SMILES string of the molecule is CCn1nc(CN(C)CCC(C)Br)c2ccccc21. The van der Waals surface area contributed by atoms with Crippen molar-refractivity contribution in [3.63, 3.8) is 0 Å². The third-order valence-corrected chi connectivity index (χ3v) is 3.82. The summed E-state index contributed by atoms with van der Waals surface area (Å²) in [6, 6.07) is 8.49. The van der Waals surface area contributed by atoms with E-state index in [-0.39, 0.29) is 0 Å². The highest BCUT2D eigenvalue weighted by Crippen LogP contribution is 2.19. The second kappa shape index (κ2) is 6.53. The van der Waals surface area contributed by atoms with Crippen LogP contribution in [0.5, 0.6) is 0 Å². The van der Waals surface area contributed by atoms with Crippen molar-refractivity contribution in [3.8, 4) is 0 Å². The zero-order valence-corrected chi connectivity index (χ0v) is 13.5. The molecular formula is C15H22BrN3. The fraction of sp³-hybridized carbons (Fsp3) is 0.533. The molecule has 3 nitrogen and oxygen atoms in total. The van der Waals surface area contributed by atoms with E-state index in [2.05, 4.69) is 70.7 Å². The van der Waals surface area contributed by atoms with Crippen molar-refractivity contribution in [2.45, 2.75) is 38.2 Å². The summed E-state index contributed by atoms with van der Waals surface area (Å²) < 4.78 is 2.09. The Kier molecular flexibility index (Phi) is 4.99. The molecule has 104 valence electrons. The number of fused-ring (bicyclic) bond motifs is 1. The first-order valence-corrected chi connectivity index (χ1v) is 7.80. The van der Waals surface area contributed by atoms with E-state index in [1.807, 2.05) is 0 Å². The van der Waals surface area contributed by atoms with Gasteiger partial charge in [0.15, 0.2) is 0 Å². The molecule has 19 heavy (non-hydrogen) atoms. The van der Waals surface area contributed by atoms with Crippen LogP contribution >= 0.6 is 15.9 Å². The van der Waals surface area contributed by atoms with Crippen LogP contribution in [0, 0.1) is 0 Å². The Hall–Kier alpha value is -0.870. The summed E-state index contributed by atoms with van der Waals surface area (Å²) in [6.45, 7) is 7.24. The van der Waals surface area contributed by atoms with E-state index >= 15 is 0 Å². The molecule has 0 saturated heterocycles. The maximum absolute atomic E-state index is 4.74. The molecule has 0 N–H and O–H groups in total. The number of alkyl halides is 1. The van der Waals surface area contributed by atoms with Gasteiger partial charge in [-0.15, -0.1) is 0 Å². The van der Waals surface area contributed by atoms with E-state index in [9.17, 15) is 0 Å². The van der Waals surface area contributed by atoms with E-state index in [1.54, 1.807) is 0 Å². The molecule has 4 heteroatoms. The largest absolute Gasteiger partial charge is 0.300 e. The van der Waals surface area contributed by atoms with Crippen LogP contribution in [0.4, 0.5) is 0 Å². The zero-order chi connectivity index (χ0) is 13.8. The molecule has 0 amide bonds. The summed E-state index contributed by atoms with van der Waals surface area (Å²) in [5.74, 6) is 0. The number of hydrogen-bond acceptors (Lipinski definition) is 2. The molecule has 0 aliphatic heterocycles. The average Bonchev–Trinajstić information content (AvgIpc) is 2.75. The van der Waals surface area contributed by atoms with Crippen LogP contribution in [0.25, 0.3) is 10.9 Å². The molecule has 2 aromatic rings. The monoisotopic (exact) mass is 323 g/mol. The van der Waals surface area contributed by atoms with Gasteiger partial charge in [0.1, 0.15) is 0 Å². The minimum Gasteiger partial charge on any atom is -0.300 e. The van der Waals surface area contributed by atoms with Crippen molar-refractivity contribution in [2.24, 2.45) is 0 Å². The number of rotatable bonds is 6. The van der Waals surface area contributed by atoms with Crippen LogP contribution in [-0.2, 0) is 13.1 Å². The first-order valence-electron chi connectivity index (χ1n) is 6.88. The zero-order valence-electron chi connectivity index (χ0n) is 11.9. The van der Waals surface area contributed by atoms with E-state index in [4.69, 9.17) is 5.10 Å². The maximum atomic E-state index is 4.74. The Morgan fingerprint density at radius 1 is 1.37 bits per heavy atom. The predicted molar refractivity (Wildman–Crippen MR) is 84.7 cm³/mol. The van der Waals surface area contributed by atoms with Crippen molar-refractivity contribution >= 4 is 26.8 Å². The van der Waals surface area contributed by atoms with E-state index < -0.39 is 0 Å². The van der Waals surface area contributed by atoms with E-state index in [0.717, 1.165) is 26.1 Å². The predicted octanol–water partition coefficient (Wildman–Crippen LogP) is 3.66. The number of aryl methyl sites for hydroxylation is 1. The summed E-state index contributed by atoms with van der Waals surface area (Å²) in [4.78, 5) is 2.91. The second-order valence-corrected chi connectivity index (χ2v) is 6.65. The lowest BCUT2D eigenvalue weighted by Gasteiger charge is -2.16. The van der Waals surface area contributed by atoms with Gasteiger partial charge in [-0.25, -0.2) is 0 Å². The fourth-order valence-corrected chi connectivity index (χ4v) is 2.49. The summed E-state index contributed by atoms with van der Waals surface area (Å²) in [5, 5.41) is 6.02. The highest BCUT2D eigenvalue weighted by molar-refractivity contribution is 9.09. The number of nitrogens with zero attached hydrogens (tertiary/aromatic N) is 3. The first-order chi connectivity index (χ1) is 9.11. The van der Waals surface area contributed by atoms with Gasteiger partial charge in [-0.1, -0.05) is 41.1 Å². The third kappa shape index (κ3) is 3.57. The van der Waals surface area contributed by atoms with Gasteiger partial charge in [-0.05, 0) is 33.0 Å². The number of hydrogen-bond donors (Lipinski definition) is 0. The molecule has 0 spiro atoms. The summed E-state index contributed by atoms with van der Waals surface area (Å²) in [7, 11) is 2.16. The maximum Gasteiger partial charge on any atom is 0.0843 e. The quantitative estimate of drug-likeness (QED) is 0.756. The molecular weight excluding hydrogens is 302 g/mol. The molecule has 1 unspecified atom stereocenters. The molecule has 1 aromatic carbocycles. The highest BCUT2D eigenvalue weighted by Gasteiger charge is 2.11. The smallest absolute Gasteiger partial charge is 0.0843 e. The molecule has 1 heterocycles. The lowest BCUT2D eigenvalue weighted by Crippen LogP contribution is -2.21. The average molecular weight is 324 g/mol. The number of benzene rings is 1. The summed E-state index contributed by atoms with van der Waals surface area (Å²) in [6.07, 6.45) is 1.16. The molecule has 2 rings (SSSR count). The van der Waals surface area contributed by atoms with Crippen molar-refractivity contribution in [3.05, 3.63) is 30.0 Å². The Morgan fingerprint density at radius 2 is 2.11 bits per heavy atom. The summed E-state index contributed by atoms with van der Waals surface area (Å²) in [5.41, 5.74) is 2.42. The second-order valence-electron chi connectivity index (χ2n) is 5.09. The topological polar surface area (TPSA) is 21.1 Å². The highest BCUT2D eigenvalue weighted by atomic mass is 79.9. The van der Waals surface area contributed by atoms with Gasteiger partial charge in [0.25, 0.3) is 0 Å². The number of halogens is 1. The molecule has 0 saturated carbocycles. The van der Waals surface area contributed by atoms with Gasteiger partial charge in [-0.3, -0.25) is 4.68 Å². The normalized spacial score (nSPS) is 13.3. The molecule has 1 atom stereocenters. The van der Waals surface area contributed by atoms with Gasteiger partial charge in [0.2, 0.25) is 0 Å². The molecule has 0 aliphatic rings. The Bertz CT molecular complexity index is 533. The van der Waals surface area contributed by atoms with Crippen LogP contribution < -0.4 is 0 Å². The lowest BCUT2D eigenvalue weighted by atomic mass is 10.2. The number of para-hydroxylation sites is 1. The molecule has 1 aromatic heterocycles. The molecule has 0 bridgehead atoms. The van der Waals surface area contributed by atoms with E-state index in [0.29, 0.717) is 4.83 Å². The van der Waals surface area contributed by atoms with E-state index in [1.165, 1.54) is 16.6 Å². The Morgan fingerprint density at radius 3 is 2.79 bits per heavy atom. The van der Waals surface area contributed by atoms with Crippen molar-refractivity contribution in [2.75, 3.05) is 13.6 Å². The first kappa shape index (κ1) is 14.5.